The monoisotopic (exact) mass is 243 g/mol. The summed E-state index contributed by atoms with van der Waals surface area (Å²) in [7, 11) is 3.63. The van der Waals surface area contributed by atoms with E-state index in [9.17, 15) is 9.59 Å². The Kier molecular flexibility index (Phi) is 4.93. The molecule has 98 valence electrons. The van der Waals surface area contributed by atoms with Gasteiger partial charge >= 0.3 is 11.9 Å². The van der Waals surface area contributed by atoms with Crippen molar-refractivity contribution in [2.24, 2.45) is 11.8 Å². The Morgan fingerprint density at radius 1 is 1.24 bits per heavy atom. The van der Waals surface area contributed by atoms with Gasteiger partial charge in [-0.3, -0.25) is 14.5 Å². The standard InChI is InChI=1S/C12H21NO4/c1-8(13(2)3)17-12(16)10-7-5-4-6-9(10)11(14)15/h8-10H,4-7H2,1-3H3,(H,14,15). The quantitative estimate of drug-likeness (QED) is 0.596. The van der Waals surface area contributed by atoms with E-state index in [1.54, 1.807) is 11.8 Å². The topological polar surface area (TPSA) is 66.8 Å². The number of nitrogens with zero attached hydrogens (tertiary/aromatic N) is 1. The van der Waals surface area contributed by atoms with Gasteiger partial charge in [0.2, 0.25) is 0 Å². The van der Waals surface area contributed by atoms with Crippen LogP contribution in [0.5, 0.6) is 0 Å². The minimum absolute atomic E-state index is 0.320. The van der Waals surface area contributed by atoms with Crippen LogP contribution in [0.2, 0.25) is 0 Å². The molecule has 1 aliphatic carbocycles. The Labute approximate surface area is 102 Å². The number of esters is 1. The van der Waals surface area contributed by atoms with Crippen molar-refractivity contribution in [1.29, 1.82) is 0 Å². The molecule has 0 aromatic carbocycles. The van der Waals surface area contributed by atoms with Gasteiger partial charge in [-0.2, -0.15) is 0 Å². The molecule has 3 unspecified atom stereocenters. The number of hydrogen-bond donors (Lipinski definition) is 1. The number of rotatable bonds is 4. The van der Waals surface area contributed by atoms with Gasteiger partial charge in [-0.15, -0.1) is 0 Å². The maximum atomic E-state index is 11.9. The predicted molar refractivity (Wildman–Crippen MR) is 62.3 cm³/mol. The average molecular weight is 243 g/mol. The molecular formula is C12H21NO4. The molecule has 1 saturated carbocycles. The fraction of sp³-hybridized carbons (Fsp3) is 0.833. The van der Waals surface area contributed by atoms with Crippen molar-refractivity contribution < 1.29 is 19.4 Å². The summed E-state index contributed by atoms with van der Waals surface area (Å²) >= 11 is 0. The molecule has 5 heteroatoms. The third-order valence-corrected chi connectivity index (χ3v) is 3.40. The number of carbonyl (C=O) groups is 2. The molecule has 0 spiro atoms. The van der Waals surface area contributed by atoms with Gasteiger partial charge in [0.25, 0.3) is 0 Å². The van der Waals surface area contributed by atoms with Gasteiger partial charge in [-0.05, 0) is 33.9 Å². The molecule has 1 rings (SSSR count). The first-order valence-corrected chi connectivity index (χ1v) is 6.03. The van der Waals surface area contributed by atoms with E-state index in [1.165, 1.54) is 0 Å². The van der Waals surface area contributed by atoms with Crippen LogP contribution in [0.3, 0.4) is 0 Å². The molecule has 3 atom stereocenters. The van der Waals surface area contributed by atoms with Crippen molar-refractivity contribution >= 4 is 11.9 Å². The molecule has 17 heavy (non-hydrogen) atoms. The summed E-state index contributed by atoms with van der Waals surface area (Å²) in [5.74, 6) is -2.32. The fourth-order valence-electron chi connectivity index (χ4n) is 2.07. The highest BCUT2D eigenvalue weighted by molar-refractivity contribution is 5.81. The van der Waals surface area contributed by atoms with Gasteiger partial charge in [-0.25, -0.2) is 0 Å². The van der Waals surface area contributed by atoms with E-state index in [4.69, 9.17) is 9.84 Å². The van der Waals surface area contributed by atoms with E-state index < -0.39 is 17.8 Å². The highest BCUT2D eigenvalue weighted by atomic mass is 16.6. The van der Waals surface area contributed by atoms with Crippen LogP contribution < -0.4 is 0 Å². The molecule has 5 nitrogen and oxygen atoms in total. The van der Waals surface area contributed by atoms with Crippen molar-refractivity contribution in [3.05, 3.63) is 0 Å². The number of hydrogen-bond acceptors (Lipinski definition) is 4. The van der Waals surface area contributed by atoms with Gasteiger partial charge in [0, 0.05) is 0 Å². The molecular weight excluding hydrogens is 222 g/mol. The first-order valence-electron chi connectivity index (χ1n) is 6.03. The van der Waals surface area contributed by atoms with E-state index in [0.29, 0.717) is 12.8 Å². The fourth-order valence-corrected chi connectivity index (χ4v) is 2.07. The van der Waals surface area contributed by atoms with E-state index >= 15 is 0 Å². The van der Waals surface area contributed by atoms with Gasteiger partial charge in [0.1, 0.15) is 0 Å². The van der Waals surface area contributed by atoms with Crippen LogP contribution in [0.4, 0.5) is 0 Å². The summed E-state index contributed by atoms with van der Waals surface area (Å²) in [6.45, 7) is 1.77. The molecule has 1 N–H and O–H groups in total. The third kappa shape index (κ3) is 3.70. The molecule has 0 aromatic rings. The molecule has 0 aromatic heterocycles. The smallest absolute Gasteiger partial charge is 0.311 e. The van der Waals surface area contributed by atoms with E-state index in [-0.39, 0.29) is 12.2 Å². The van der Waals surface area contributed by atoms with Gasteiger partial charge in [0.15, 0.2) is 6.23 Å². The van der Waals surface area contributed by atoms with Crippen LogP contribution in [-0.4, -0.2) is 42.3 Å². The first kappa shape index (κ1) is 14.0. The van der Waals surface area contributed by atoms with Crippen LogP contribution >= 0.6 is 0 Å². The number of aliphatic carboxylic acids is 1. The van der Waals surface area contributed by atoms with Crippen LogP contribution in [0, 0.1) is 11.8 Å². The van der Waals surface area contributed by atoms with Crippen molar-refractivity contribution in [3.8, 4) is 0 Å². The van der Waals surface area contributed by atoms with Gasteiger partial charge in [-0.1, -0.05) is 12.8 Å². The van der Waals surface area contributed by atoms with Crippen LogP contribution in [0.25, 0.3) is 0 Å². The summed E-state index contributed by atoms with van der Waals surface area (Å²) in [4.78, 5) is 24.8. The van der Waals surface area contributed by atoms with E-state index in [1.807, 2.05) is 14.1 Å². The van der Waals surface area contributed by atoms with E-state index in [0.717, 1.165) is 12.8 Å². The second-order valence-corrected chi connectivity index (χ2v) is 4.84. The zero-order chi connectivity index (χ0) is 13.0. The van der Waals surface area contributed by atoms with Crippen molar-refractivity contribution in [2.75, 3.05) is 14.1 Å². The molecule has 0 heterocycles. The molecule has 1 aliphatic rings. The van der Waals surface area contributed by atoms with Crippen molar-refractivity contribution in [3.63, 3.8) is 0 Å². The predicted octanol–water partition coefficient (Wildman–Crippen LogP) is 1.33. The maximum absolute atomic E-state index is 11.9. The molecule has 0 amide bonds. The summed E-state index contributed by atoms with van der Waals surface area (Å²) in [6, 6.07) is 0. The Morgan fingerprint density at radius 3 is 2.24 bits per heavy atom. The lowest BCUT2D eigenvalue weighted by molar-refractivity contribution is -0.168. The lowest BCUT2D eigenvalue weighted by Gasteiger charge is -2.29. The third-order valence-electron chi connectivity index (χ3n) is 3.40. The minimum Gasteiger partial charge on any atom is -0.481 e. The van der Waals surface area contributed by atoms with E-state index in [2.05, 4.69) is 0 Å². The number of carboxylic acid groups (broad SMARTS) is 1. The van der Waals surface area contributed by atoms with Gasteiger partial charge < -0.3 is 9.84 Å². The van der Waals surface area contributed by atoms with Crippen molar-refractivity contribution in [2.45, 2.75) is 38.8 Å². The van der Waals surface area contributed by atoms with Crippen LogP contribution in [0.15, 0.2) is 0 Å². The summed E-state index contributed by atoms with van der Waals surface area (Å²) in [5, 5.41) is 9.08. The Morgan fingerprint density at radius 2 is 1.76 bits per heavy atom. The Bertz CT molecular complexity index is 290. The largest absolute Gasteiger partial charge is 0.481 e. The molecule has 0 aliphatic heterocycles. The summed E-state index contributed by atoms with van der Waals surface area (Å²) < 4.78 is 5.26. The highest BCUT2D eigenvalue weighted by Crippen LogP contribution is 2.31. The molecule has 0 radical (unpaired) electrons. The lowest BCUT2D eigenvalue weighted by Crippen LogP contribution is -2.38. The van der Waals surface area contributed by atoms with Gasteiger partial charge in [0.05, 0.1) is 11.8 Å². The Balaban J connectivity index is 2.62. The molecule has 0 bridgehead atoms. The second-order valence-electron chi connectivity index (χ2n) is 4.84. The zero-order valence-electron chi connectivity index (χ0n) is 10.7. The first-order chi connectivity index (χ1) is 7.93. The molecule has 1 fully saturated rings. The summed E-state index contributed by atoms with van der Waals surface area (Å²) in [6.07, 6.45) is 2.66. The Hall–Kier alpha value is -1.10. The second kappa shape index (κ2) is 6.00. The maximum Gasteiger partial charge on any atom is 0.311 e. The number of carbonyl (C=O) groups excluding carboxylic acids is 1. The summed E-state index contributed by atoms with van der Waals surface area (Å²) in [5.41, 5.74) is 0. The van der Waals surface area contributed by atoms with Crippen LogP contribution in [-0.2, 0) is 14.3 Å². The highest BCUT2D eigenvalue weighted by Gasteiger charge is 2.37. The number of ether oxygens (including phenoxy) is 1. The lowest BCUT2D eigenvalue weighted by atomic mass is 9.79. The average Bonchev–Trinajstić information content (AvgIpc) is 2.28. The SMILES string of the molecule is CC(OC(=O)C1CCCCC1C(=O)O)N(C)C. The van der Waals surface area contributed by atoms with Crippen molar-refractivity contribution in [1.82, 2.24) is 4.90 Å². The normalized spacial score (nSPS) is 26.6. The molecule has 0 saturated heterocycles. The number of carboxylic acids is 1. The van der Waals surface area contributed by atoms with Crippen LogP contribution in [0.1, 0.15) is 32.6 Å². The zero-order valence-corrected chi connectivity index (χ0v) is 10.7. The minimum atomic E-state index is -0.885.